The summed E-state index contributed by atoms with van der Waals surface area (Å²) in [6, 6.07) is 12.8. The smallest absolute Gasteiger partial charge is 0.142 e. The number of halogens is 2. The third-order valence-electron chi connectivity index (χ3n) is 3.59. The Labute approximate surface area is 127 Å². The van der Waals surface area contributed by atoms with Crippen molar-refractivity contribution in [1.82, 2.24) is 10.3 Å². The van der Waals surface area contributed by atoms with Crippen molar-refractivity contribution < 1.29 is 4.39 Å². The molecule has 0 radical (unpaired) electrons. The van der Waals surface area contributed by atoms with Crippen LogP contribution in [0.4, 0.5) is 4.39 Å². The van der Waals surface area contributed by atoms with Crippen molar-refractivity contribution in [3.05, 3.63) is 76.8 Å². The second-order valence-electron chi connectivity index (χ2n) is 4.84. The summed E-state index contributed by atoms with van der Waals surface area (Å²) in [4.78, 5) is 4.14. The van der Waals surface area contributed by atoms with E-state index in [1.807, 2.05) is 43.6 Å². The summed E-state index contributed by atoms with van der Waals surface area (Å²) in [7, 11) is 1.86. The van der Waals surface area contributed by atoms with E-state index in [4.69, 9.17) is 11.6 Å². The average Bonchev–Trinajstić information content (AvgIpc) is 2.52. The van der Waals surface area contributed by atoms with E-state index in [1.54, 1.807) is 12.3 Å². The fourth-order valence-corrected chi connectivity index (χ4v) is 2.71. The molecule has 106 valence electrons. The lowest BCUT2D eigenvalue weighted by Crippen LogP contribution is -2.18. The molecule has 0 saturated carbocycles. The SMILES string of the molecule is CNC(c1ccc(Cl)c(F)c1)c1cccc2cnccc12. The Bertz CT molecular complexity index is 783. The van der Waals surface area contributed by atoms with Gasteiger partial charge >= 0.3 is 0 Å². The lowest BCUT2D eigenvalue weighted by molar-refractivity contribution is 0.617. The topological polar surface area (TPSA) is 24.9 Å². The van der Waals surface area contributed by atoms with Crippen molar-refractivity contribution in [2.24, 2.45) is 0 Å². The van der Waals surface area contributed by atoms with Gasteiger partial charge < -0.3 is 5.32 Å². The summed E-state index contributed by atoms with van der Waals surface area (Å²) < 4.78 is 13.7. The first-order valence-corrected chi connectivity index (χ1v) is 7.03. The maximum Gasteiger partial charge on any atom is 0.142 e. The number of nitrogens with one attached hydrogen (secondary N) is 1. The molecule has 0 aliphatic carbocycles. The molecule has 0 aliphatic heterocycles. The van der Waals surface area contributed by atoms with Crippen LogP contribution in [0.25, 0.3) is 10.8 Å². The van der Waals surface area contributed by atoms with E-state index in [-0.39, 0.29) is 11.1 Å². The first-order chi connectivity index (χ1) is 10.2. The second-order valence-corrected chi connectivity index (χ2v) is 5.25. The molecule has 3 aromatic rings. The van der Waals surface area contributed by atoms with E-state index in [9.17, 15) is 4.39 Å². The molecule has 2 nitrogen and oxygen atoms in total. The number of hydrogen-bond acceptors (Lipinski definition) is 2. The van der Waals surface area contributed by atoms with Crippen molar-refractivity contribution in [3.63, 3.8) is 0 Å². The van der Waals surface area contributed by atoms with Crippen LogP contribution in [-0.2, 0) is 0 Å². The number of pyridine rings is 1. The summed E-state index contributed by atoms with van der Waals surface area (Å²) in [5.41, 5.74) is 1.92. The lowest BCUT2D eigenvalue weighted by atomic mass is 9.94. The van der Waals surface area contributed by atoms with E-state index in [0.717, 1.165) is 21.9 Å². The van der Waals surface area contributed by atoms with Crippen LogP contribution >= 0.6 is 11.6 Å². The minimum Gasteiger partial charge on any atom is -0.309 e. The van der Waals surface area contributed by atoms with Crippen LogP contribution < -0.4 is 5.32 Å². The van der Waals surface area contributed by atoms with Crippen molar-refractivity contribution in [2.45, 2.75) is 6.04 Å². The first kappa shape index (κ1) is 14.0. The van der Waals surface area contributed by atoms with Gasteiger partial charge in [-0.3, -0.25) is 4.98 Å². The normalized spacial score (nSPS) is 12.5. The van der Waals surface area contributed by atoms with Crippen molar-refractivity contribution in [2.75, 3.05) is 7.05 Å². The van der Waals surface area contributed by atoms with Gasteiger partial charge in [-0.2, -0.15) is 0 Å². The number of hydrogen-bond donors (Lipinski definition) is 1. The number of nitrogens with zero attached hydrogens (tertiary/aromatic N) is 1. The Morgan fingerprint density at radius 3 is 2.81 bits per heavy atom. The highest BCUT2D eigenvalue weighted by Crippen LogP contribution is 2.29. The molecular weight excluding hydrogens is 287 g/mol. The van der Waals surface area contributed by atoms with Crippen LogP contribution in [0.15, 0.2) is 54.9 Å². The quantitative estimate of drug-likeness (QED) is 0.778. The van der Waals surface area contributed by atoms with Crippen LogP contribution in [0.2, 0.25) is 5.02 Å². The first-order valence-electron chi connectivity index (χ1n) is 6.65. The minimum atomic E-state index is -0.406. The van der Waals surface area contributed by atoms with Gasteiger partial charge in [-0.15, -0.1) is 0 Å². The second kappa shape index (κ2) is 5.80. The monoisotopic (exact) mass is 300 g/mol. The predicted octanol–water partition coefficient (Wildman–Crippen LogP) is 4.34. The summed E-state index contributed by atoms with van der Waals surface area (Å²) in [6.45, 7) is 0. The van der Waals surface area contributed by atoms with E-state index < -0.39 is 5.82 Å². The predicted molar refractivity (Wildman–Crippen MR) is 84.1 cm³/mol. The molecule has 0 fully saturated rings. The fourth-order valence-electron chi connectivity index (χ4n) is 2.59. The molecule has 0 amide bonds. The highest BCUT2D eigenvalue weighted by atomic mass is 35.5. The van der Waals surface area contributed by atoms with Gasteiger partial charge in [0, 0.05) is 17.8 Å². The molecule has 2 aromatic carbocycles. The molecule has 21 heavy (non-hydrogen) atoms. The van der Waals surface area contributed by atoms with Gasteiger partial charge in [0.1, 0.15) is 5.82 Å². The van der Waals surface area contributed by atoms with Crippen LogP contribution in [0.1, 0.15) is 17.2 Å². The van der Waals surface area contributed by atoms with Crippen molar-refractivity contribution in [1.29, 1.82) is 0 Å². The zero-order chi connectivity index (χ0) is 14.8. The zero-order valence-corrected chi connectivity index (χ0v) is 12.2. The Kier molecular flexibility index (Phi) is 3.86. The summed E-state index contributed by atoms with van der Waals surface area (Å²) in [6.07, 6.45) is 3.59. The molecule has 4 heteroatoms. The van der Waals surface area contributed by atoms with Crippen LogP contribution in [0, 0.1) is 5.82 Å². The molecule has 1 atom stereocenters. The maximum atomic E-state index is 13.7. The molecule has 1 aromatic heterocycles. The van der Waals surface area contributed by atoms with Crippen LogP contribution in [-0.4, -0.2) is 12.0 Å². The molecule has 3 rings (SSSR count). The fraction of sp³-hybridized carbons (Fsp3) is 0.118. The third-order valence-corrected chi connectivity index (χ3v) is 3.90. The molecule has 0 spiro atoms. The van der Waals surface area contributed by atoms with Crippen molar-refractivity contribution >= 4 is 22.4 Å². The standard InChI is InChI=1S/C17H14ClFN2/c1-20-17(11-5-6-15(18)16(19)9-11)14-4-2-3-12-10-21-8-7-13(12)14/h2-10,17,20H,1H3. The number of fused-ring (bicyclic) bond motifs is 1. The lowest BCUT2D eigenvalue weighted by Gasteiger charge is -2.19. The number of rotatable bonds is 3. The van der Waals surface area contributed by atoms with Crippen LogP contribution in [0.5, 0.6) is 0 Å². The third kappa shape index (κ3) is 2.62. The van der Waals surface area contributed by atoms with E-state index in [0.29, 0.717) is 0 Å². The maximum absolute atomic E-state index is 13.7. The Hall–Kier alpha value is -1.97. The van der Waals surface area contributed by atoms with Gasteiger partial charge in [0.15, 0.2) is 0 Å². The summed E-state index contributed by atoms with van der Waals surface area (Å²) >= 11 is 5.77. The summed E-state index contributed by atoms with van der Waals surface area (Å²) in [5, 5.41) is 5.54. The van der Waals surface area contributed by atoms with E-state index >= 15 is 0 Å². The Balaban J connectivity index is 2.16. The highest BCUT2D eigenvalue weighted by Gasteiger charge is 2.16. The number of benzene rings is 2. The van der Waals surface area contributed by atoms with Gasteiger partial charge in [0.25, 0.3) is 0 Å². The molecule has 1 unspecified atom stereocenters. The molecule has 0 saturated heterocycles. The van der Waals surface area contributed by atoms with E-state index in [1.165, 1.54) is 6.07 Å². The zero-order valence-electron chi connectivity index (χ0n) is 11.5. The highest BCUT2D eigenvalue weighted by molar-refractivity contribution is 6.30. The van der Waals surface area contributed by atoms with Gasteiger partial charge in [-0.25, -0.2) is 4.39 Å². The average molecular weight is 301 g/mol. The van der Waals surface area contributed by atoms with Gasteiger partial charge in [0.05, 0.1) is 11.1 Å². The van der Waals surface area contributed by atoms with Gasteiger partial charge in [0.2, 0.25) is 0 Å². The Morgan fingerprint density at radius 2 is 2.05 bits per heavy atom. The van der Waals surface area contributed by atoms with Crippen LogP contribution in [0.3, 0.4) is 0 Å². The molecule has 1 N–H and O–H groups in total. The summed E-state index contributed by atoms with van der Waals surface area (Å²) in [5.74, 6) is -0.406. The van der Waals surface area contributed by atoms with Crippen molar-refractivity contribution in [3.8, 4) is 0 Å². The molecular formula is C17H14ClFN2. The Morgan fingerprint density at radius 1 is 1.19 bits per heavy atom. The minimum absolute atomic E-state index is 0.108. The molecule has 0 bridgehead atoms. The van der Waals surface area contributed by atoms with E-state index in [2.05, 4.69) is 10.3 Å². The van der Waals surface area contributed by atoms with Gasteiger partial charge in [-0.1, -0.05) is 35.9 Å². The molecule has 1 heterocycles. The molecule has 0 aliphatic rings. The van der Waals surface area contributed by atoms with Gasteiger partial charge in [-0.05, 0) is 41.8 Å². The largest absolute Gasteiger partial charge is 0.309 e. The number of aromatic nitrogens is 1.